The summed E-state index contributed by atoms with van der Waals surface area (Å²) in [7, 11) is 0. The first kappa shape index (κ1) is 15.1. The van der Waals surface area contributed by atoms with Crippen molar-refractivity contribution >= 4 is 28.3 Å². The van der Waals surface area contributed by atoms with Crippen molar-refractivity contribution in [1.29, 1.82) is 0 Å². The summed E-state index contributed by atoms with van der Waals surface area (Å²) >= 11 is 6.07. The van der Waals surface area contributed by atoms with E-state index >= 15 is 0 Å². The van der Waals surface area contributed by atoms with Crippen LogP contribution in [0.2, 0.25) is 5.02 Å². The molecule has 1 aromatic heterocycles. The van der Waals surface area contributed by atoms with Gasteiger partial charge in [-0.2, -0.15) is 0 Å². The maximum Gasteiger partial charge on any atom is 0.226 e. The number of aromatic hydroxyl groups is 2. The predicted octanol–water partition coefficient (Wildman–Crippen LogP) is 4.29. The van der Waals surface area contributed by atoms with Crippen molar-refractivity contribution < 1.29 is 19.7 Å². The van der Waals surface area contributed by atoms with Crippen molar-refractivity contribution in [2.75, 3.05) is 0 Å². The van der Waals surface area contributed by atoms with Gasteiger partial charge in [0, 0.05) is 16.5 Å². The fourth-order valence-electron chi connectivity index (χ4n) is 2.29. The second kappa shape index (κ2) is 5.78. The Morgan fingerprint density at radius 3 is 2.52 bits per heavy atom. The molecule has 1 heterocycles. The standard InChI is InChI=1S/C17H12ClNO4/c1-9(20)14-16(21)12-7-10(18)8-13(15(12)19-17(14)22)23-11-5-3-2-4-6-11/h2-8H,1H3,(H2,19,21,22). The highest BCUT2D eigenvalue weighted by molar-refractivity contribution is 6.31. The van der Waals surface area contributed by atoms with E-state index < -0.39 is 11.7 Å². The molecule has 0 aliphatic carbocycles. The highest BCUT2D eigenvalue weighted by Crippen LogP contribution is 2.40. The lowest BCUT2D eigenvalue weighted by Crippen LogP contribution is -1.98. The molecular weight excluding hydrogens is 318 g/mol. The van der Waals surface area contributed by atoms with Crippen LogP contribution in [0.1, 0.15) is 17.3 Å². The van der Waals surface area contributed by atoms with Crippen molar-refractivity contribution in [3.8, 4) is 23.1 Å². The molecular formula is C17H12ClNO4. The molecule has 5 nitrogen and oxygen atoms in total. The Labute approximate surface area is 136 Å². The number of nitrogens with zero attached hydrogens (tertiary/aromatic N) is 1. The first-order valence-corrected chi connectivity index (χ1v) is 7.14. The third-order valence-electron chi connectivity index (χ3n) is 3.30. The number of para-hydroxylation sites is 1. The average molecular weight is 330 g/mol. The van der Waals surface area contributed by atoms with Gasteiger partial charge in [-0.25, -0.2) is 4.98 Å². The zero-order valence-corrected chi connectivity index (χ0v) is 12.8. The van der Waals surface area contributed by atoms with E-state index in [2.05, 4.69) is 4.98 Å². The van der Waals surface area contributed by atoms with Crippen LogP contribution < -0.4 is 4.74 Å². The molecule has 3 rings (SSSR count). The van der Waals surface area contributed by atoms with E-state index in [1.807, 2.05) is 6.07 Å². The molecule has 2 N–H and O–H groups in total. The van der Waals surface area contributed by atoms with E-state index in [9.17, 15) is 15.0 Å². The second-order valence-corrected chi connectivity index (χ2v) is 5.37. The lowest BCUT2D eigenvalue weighted by molar-refractivity contribution is 0.101. The van der Waals surface area contributed by atoms with Crippen LogP contribution >= 0.6 is 11.6 Å². The first-order valence-electron chi connectivity index (χ1n) is 6.76. The molecule has 0 atom stereocenters. The monoisotopic (exact) mass is 329 g/mol. The number of fused-ring (bicyclic) bond motifs is 1. The number of Topliss-reactive ketones (excluding diaryl/α,β-unsaturated/α-hetero) is 1. The Kier molecular flexibility index (Phi) is 3.80. The van der Waals surface area contributed by atoms with Gasteiger partial charge >= 0.3 is 0 Å². The summed E-state index contributed by atoms with van der Waals surface area (Å²) in [6.45, 7) is 1.23. The van der Waals surface area contributed by atoms with E-state index in [4.69, 9.17) is 16.3 Å². The number of carbonyl (C=O) groups excluding carboxylic acids is 1. The summed E-state index contributed by atoms with van der Waals surface area (Å²) in [5, 5.41) is 20.8. The van der Waals surface area contributed by atoms with Crippen LogP contribution in [0.4, 0.5) is 0 Å². The molecule has 0 aliphatic rings. The van der Waals surface area contributed by atoms with Crippen LogP contribution in [-0.2, 0) is 0 Å². The zero-order valence-electron chi connectivity index (χ0n) is 12.1. The van der Waals surface area contributed by atoms with Crippen molar-refractivity contribution in [2.45, 2.75) is 6.92 Å². The van der Waals surface area contributed by atoms with Gasteiger partial charge in [0.05, 0.1) is 0 Å². The van der Waals surface area contributed by atoms with Crippen molar-refractivity contribution in [3.05, 3.63) is 53.1 Å². The minimum atomic E-state index is -0.553. The number of aromatic nitrogens is 1. The average Bonchev–Trinajstić information content (AvgIpc) is 2.49. The molecule has 0 spiro atoms. The summed E-state index contributed by atoms with van der Waals surface area (Å²) in [6, 6.07) is 11.9. The third-order valence-corrected chi connectivity index (χ3v) is 3.51. The van der Waals surface area contributed by atoms with E-state index in [-0.39, 0.29) is 28.0 Å². The fourth-order valence-corrected chi connectivity index (χ4v) is 2.50. The predicted molar refractivity (Wildman–Crippen MR) is 86.6 cm³/mol. The van der Waals surface area contributed by atoms with Gasteiger partial charge in [0.1, 0.15) is 22.6 Å². The Bertz CT molecular complexity index is 910. The Hall–Kier alpha value is -2.79. The molecule has 0 aliphatic heterocycles. The Morgan fingerprint density at radius 2 is 1.87 bits per heavy atom. The Morgan fingerprint density at radius 1 is 1.17 bits per heavy atom. The van der Waals surface area contributed by atoms with Crippen LogP contribution in [0.15, 0.2) is 42.5 Å². The highest BCUT2D eigenvalue weighted by Gasteiger charge is 2.20. The smallest absolute Gasteiger partial charge is 0.226 e. The molecule has 0 saturated heterocycles. The summed E-state index contributed by atoms with van der Waals surface area (Å²) in [4.78, 5) is 15.6. The molecule has 0 bridgehead atoms. The number of halogens is 1. The quantitative estimate of drug-likeness (QED) is 0.700. The van der Waals surface area contributed by atoms with Crippen LogP contribution in [0.25, 0.3) is 10.9 Å². The van der Waals surface area contributed by atoms with Gasteiger partial charge in [-0.05, 0) is 25.1 Å². The first-order chi connectivity index (χ1) is 11.0. The maximum absolute atomic E-state index is 11.6. The molecule has 116 valence electrons. The molecule has 0 unspecified atom stereocenters. The summed E-state index contributed by atoms with van der Waals surface area (Å²) in [5.74, 6) is -0.616. The minimum Gasteiger partial charge on any atom is -0.506 e. The maximum atomic E-state index is 11.6. The number of hydrogen-bond acceptors (Lipinski definition) is 5. The zero-order chi connectivity index (χ0) is 16.6. The number of ketones is 1. The van der Waals surface area contributed by atoms with Crippen LogP contribution in [0.3, 0.4) is 0 Å². The van der Waals surface area contributed by atoms with Gasteiger partial charge in [-0.3, -0.25) is 4.79 Å². The Balaban J connectivity index is 2.25. The topological polar surface area (TPSA) is 79.7 Å². The lowest BCUT2D eigenvalue weighted by Gasteiger charge is -2.12. The number of carbonyl (C=O) groups is 1. The van der Waals surface area contributed by atoms with Crippen molar-refractivity contribution in [3.63, 3.8) is 0 Å². The van der Waals surface area contributed by atoms with Gasteiger partial charge in [-0.1, -0.05) is 29.8 Å². The van der Waals surface area contributed by atoms with Crippen LogP contribution in [-0.4, -0.2) is 21.0 Å². The number of ether oxygens (including phenoxy) is 1. The van der Waals surface area contributed by atoms with Gasteiger partial charge in [0.2, 0.25) is 5.88 Å². The fraction of sp³-hybridized carbons (Fsp3) is 0.0588. The molecule has 2 aromatic carbocycles. The molecule has 0 amide bonds. The van der Waals surface area contributed by atoms with Crippen LogP contribution in [0.5, 0.6) is 23.1 Å². The van der Waals surface area contributed by atoms with Gasteiger partial charge < -0.3 is 14.9 Å². The molecule has 0 radical (unpaired) electrons. The number of hydrogen-bond donors (Lipinski definition) is 2. The summed E-state index contributed by atoms with van der Waals surface area (Å²) < 4.78 is 5.73. The van der Waals surface area contributed by atoms with Crippen molar-refractivity contribution in [1.82, 2.24) is 4.98 Å². The summed E-state index contributed by atoms with van der Waals surface area (Å²) in [6.07, 6.45) is 0. The van der Waals surface area contributed by atoms with E-state index in [0.29, 0.717) is 10.8 Å². The van der Waals surface area contributed by atoms with Gasteiger partial charge in [-0.15, -0.1) is 0 Å². The van der Waals surface area contributed by atoms with Gasteiger partial charge in [0.15, 0.2) is 11.5 Å². The minimum absolute atomic E-state index is 0.207. The molecule has 3 aromatic rings. The third kappa shape index (κ3) is 2.78. The molecule has 0 fully saturated rings. The van der Waals surface area contributed by atoms with E-state index in [0.717, 1.165) is 0 Å². The molecule has 0 saturated carbocycles. The van der Waals surface area contributed by atoms with Crippen LogP contribution in [0, 0.1) is 0 Å². The normalized spacial score (nSPS) is 10.7. The van der Waals surface area contributed by atoms with Gasteiger partial charge in [0.25, 0.3) is 0 Å². The number of pyridine rings is 1. The van der Waals surface area contributed by atoms with Crippen molar-refractivity contribution in [2.24, 2.45) is 0 Å². The lowest BCUT2D eigenvalue weighted by atomic mass is 10.1. The molecule has 6 heteroatoms. The SMILES string of the molecule is CC(=O)c1c(O)nc2c(Oc3ccccc3)cc(Cl)cc2c1O. The van der Waals surface area contributed by atoms with E-state index in [1.165, 1.54) is 19.1 Å². The second-order valence-electron chi connectivity index (χ2n) is 4.93. The van der Waals surface area contributed by atoms with E-state index in [1.54, 1.807) is 24.3 Å². The number of benzene rings is 2. The molecule has 23 heavy (non-hydrogen) atoms. The number of rotatable bonds is 3. The highest BCUT2D eigenvalue weighted by atomic mass is 35.5. The summed E-state index contributed by atoms with van der Waals surface area (Å²) in [5.41, 5.74) is -0.0383. The largest absolute Gasteiger partial charge is 0.506 e.